The molecule has 1 aliphatic heterocycles. The third kappa shape index (κ3) is 5.40. The Morgan fingerprint density at radius 2 is 1.84 bits per heavy atom. The number of hydrogen-bond acceptors (Lipinski definition) is 5. The molecule has 1 N–H and O–H groups in total. The molecule has 32 heavy (non-hydrogen) atoms. The molecule has 0 radical (unpaired) electrons. The van der Waals surface area contributed by atoms with Crippen LogP contribution in [0.5, 0.6) is 11.5 Å². The molecule has 0 aromatic heterocycles. The van der Waals surface area contributed by atoms with Crippen molar-refractivity contribution >= 4 is 34.9 Å². The summed E-state index contributed by atoms with van der Waals surface area (Å²) in [5, 5.41) is 3.61. The third-order valence-corrected chi connectivity index (χ3v) is 5.93. The average Bonchev–Trinajstić information content (AvgIpc) is 2.80. The number of carbonyl (C=O) groups excluding carboxylic acids is 3. The first-order valence-corrected chi connectivity index (χ1v) is 11.2. The molecule has 0 bridgehead atoms. The topological polar surface area (TPSA) is 84.9 Å². The molecule has 2 aromatic rings. The van der Waals surface area contributed by atoms with Gasteiger partial charge in [0.1, 0.15) is 18.0 Å². The summed E-state index contributed by atoms with van der Waals surface area (Å²) in [7, 11) is 0. The Bertz CT molecular complexity index is 1000. The van der Waals surface area contributed by atoms with E-state index < -0.39 is 0 Å². The van der Waals surface area contributed by atoms with Gasteiger partial charge in [-0.2, -0.15) is 0 Å². The highest BCUT2D eigenvalue weighted by molar-refractivity contribution is 6.30. The van der Waals surface area contributed by atoms with Gasteiger partial charge in [-0.25, -0.2) is 0 Å². The maximum absolute atomic E-state index is 12.7. The number of halogens is 1. The van der Waals surface area contributed by atoms with E-state index in [-0.39, 0.29) is 43.4 Å². The van der Waals surface area contributed by atoms with Crippen LogP contribution in [0, 0.1) is 0 Å². The van der Waals surface area contributed by atoms with Gasteiger partial charge in [-0.1, -0.05) is 30.9 Å². The largest absolute Gasteiger partial charge is 0.485 e. The van der Waals surface area contributed by atoms with Crippen LogP contribution >= 0.6 is 11.6 Å². The minimum atomic E-state index is -0.321. The van der Waals surface area contributed by atoms with Crippen molar-refractivity contribution in [3.05, 3.63) is 53.1 Å². The first kappa shape index (κ1) is 22.1. The fourth-order valence-electron chi connectivity index (χ4n) is 3.98. The fraction of sp³-hybridized carbons (Fsp3) is 0.375. The molecular weight excluding hydrogens is 432 g/mol. The van der Waals surface area contributed by atoms with Crippen molar-refractivity contribution < 1.29 is 23.9 Å². The van der Waals surface area contributed by atoms with Gasteiger partial charge in [-0.05, 0) is 55.3 Å². The predicted molar refractivity (Wildman–Crippen MR) is 121 cm³/mol. The van der Waals surface area contributed by atoms with Crippen molar-refractivity contribution in [3.8, 4) is 11.5 Å². The number of amides is 2. The number of Topliss-reactive ketones (excluding diaryl/α,β-unsaturated/α-hetero) is 1. The molecular formula is C24H25ClN2O5. The number of nitrogens with one attached hydrogen (secondary N) is 1. The summed E-state index contributed by atoms with van der Waals surface area (Å²) in [6, 6.07) is 11.7. The van der Waals surface area contributed by atoms with Crippen molar-refractivity contribution in [2.75, 3.05) is 24.7 Å². The second-order valence-electron chi connectivity index (χ2n) is 8.02. The molecule has 2 aromatic carbocycles. The maximum atomic E-state index is 12.7. The Labute approximate surface area is 191 Å². The molecule has 1 heterocycles. The molecule has 1 saturated carbocycles. The normalized spacial score (nSPS) is 16.2. The van der Waals surface area contributed by atoms with Gasteiger partial charge in [0.25, 0.3) is 5.91 Å². The van der Waals surface area contributed by atoms with Crippen molar-refractivity contribution in [1.82, 2.24) is 5.32 Å². The van der Waals surface area contributed by atoms with Gasteiger partial charge in [0.2, 0.25) is 5.91 Å². The average molecular weight is 457 g/mol. The summed E-state index contributed by atoms with van der Waals surface area (Å²) < 4.78 is 11.0. The minimum Gasteiger partial charge on any atom is -0.485 e. The van der Waals surface area contributed by atoms with Gasteiger partial charge in [-0.15, -0.1) is 0 Å². The number of nitrogens with zero attached hydrogens (tertiary/aromatic N) is 1. The van der Waals surface area contributed by atoms with E-state index in [1.165, 1.54) is 11.3 Å². The predicted octanol–water partition coefficient (Wildman–Crippen LogP) is 3.78. The van der Waals surface area contributed by atoms with E-state index in [1.54, 1.807) is 42.5 Å². The van der Waals surface area contributed by atoms with E-state index in [0.717, 1.165) is 25.7 Å². The number of ketones is 1. The van der Waals surface area contributed by atoms with Crippen LogP contribution in [0.25, 0.3) is 0 Å². The minimum absolute atomic E-state index is 0.107. The third-order valence-electron chi connectivity index (χ3n) is 5.68. The van der Waals surface area contributed by atoms with E-state index in [4.69, 9.17) is 21.1 Å². The molecule has 168 valence electrons. The smallest absolute Gasteiger partial charge is 0.265 e. The summed E-state index contributed by atoms with van der Waals surface area (Å²) in [5.74, 6) is 0.206. The molecule has 7 nitrogen and oxygen atoms in total. The number of carbonyl (C=O) groups is 3. The van der Waals surface area contributed by atoms with Crippen molar-refractivity contribution in [1.29, 1.82) is 0 Å². The Kier molecular flexibility index (Phi) is 6.95. The molecule has 2 amide bonds. The number of anilines is 1. The first-order valence-electron chi connectivity index (χ1n) is 10.8. The van der Waals surface area contributed by atoms with Gasteiger partial charge in [0, 0.05) is 16.6 Å². The zero-order chi connectivity index (χ0) is 22.5. The van der Waals surface area contributed by atoms with E-state index in [2.05, 4.69) is 5.32 Å². The maximum Gasteiger partial charge on any atom is 0.265 e. The van der Waals surface area contributed by atoms with Gasteiger partial charge in [-0.3, -0.25) is 19.3 Å². The molecule has 4 rings (SSSR count). The van der Waals surface area contributed by atoms with Crippen LogP contribution in [0.15, 0.2) is 42.5 Å². The summed E-state index contributed by atoms with van der Waals surface area (Å²) >= 11 is 5.86. The number of fused-ring (bicyclic) bond motifs is 1. The zero-order valence-corrected chi connectivity index (χ0v) is 18.4. The molecule has 0 saturated heterocycles. The zero-order valence-electron chi connectivity index (χ0n) is 17.6. The molecule has 0 spiro atoms. The highest BCUT2D eigenvalue weighted by Crippen LogP contribution is 2.33. The molecule has 1 fully saturated rings. The van der Waals surface area contributed by atoms with E-state index in [1.807, 2.05) is 0 Å². The number of rotatable bonds is 7. The Morgan fingerprint density at radius 1 is 1.09 bits per heavy atom. The SMILES string of the molecule is O=C(CN1C(=O)COc2ccc(C(=O)COc3ccc(Cl)cc3)cc21)NC1CCCCC1. The Hall–Kier alpha value is -3.06. The van der Waals surface area contributed by atoms with Gasteiger partial charge < -0.3 is 14.8 Å². The van der Waals surface area contributed by atoms with E-state index in [9.17, 15) is 14.4 Å². The van der Waals surface area contributed by atoms with Gasteiger partial charge in [0.15, 0.2) is 19.0 Å². The lowest BCUT2D eigenvalue weighted by Crippen LogP contribution is -2.47. The van der Waals surface area contributed by atoms with Crippen molar-refractivity contribution in [3.63, 3.8) is 0 Å². The molecule has 2 aliphatic rings. The van der Waals surface area contributed by atoms with Crippen LogP contribution in [-0.4, -0.2) is 43.4 Å². The standard InChI is InChI=1S/C24H25ClN2O5/c25-17-7-9-19(10-8-17)31-14-21(28)16-6-11-22-20(12-16)27(24(30)15-32-22)13-23(29)26-18-4-2-1-3-5-18/h6-12,18H,1-5,13-15H2,(H,26,29). The van der Waals surface area contributed by atoms with Crippen LogP contribution in [0.2, 0.25) is 5.02 Å². The lowest BCUT2D eigenvalue weighted by atomic mass is 9.95. The highest BCUT2D eigenvalue weighted by Gasteiger charge is 2.29. The van der Waals surface area contributed by atoms with Crippen LogP contribution in [0.4, 0.5) is 5.69 Å². The molecule has 8 heteroatoms. The van der Waals surface area contributed by atoms with E-state index in [0.29, 0.717) is 27.8 Å². The first-order chi connectivity index (χ1) is 15.5. The lowest BCUT2D eigenvalue weighted by Gasteiger charge is -2.30. The number of benzene rings is 2. The fourth-order valence-corrected chi connectivity index (χ4v) is 4.10. The number of hydrogen-bond donors (Lipinski definition) is 1. The monoisotopic (exact) mass is 456 g/mol. The summed E-state index contributed by atoms with van der Waals surface area (Å²) in [5.41, 5.74) is 0.783. The van der Waals surface area contributed by atoms with Gasteiger partial charge >= 0.3 is 0 Å². The van der Waals surface area contributed by atoms with Crippen LogP contribution in [-0.2, 0) is 9.59 Å². The highest BCUT2D eigenvalue weighted by atomic mass is 35.5. The quantitative estimate of drug-likeness (QED) is 0.641. The number of ether oxygens (including phenoxy) is 2. The molecule has 1 aliphatic carbocycles. The van der Waals surface area contributed by atoms with Gasteiger partial charge in [0.05, 0.1) is 5.69 Å². The second-order valence-corrected chi connectivity index (χ2v) is 8.46. The van der Waals surface area contributed by atoms with Crippen LogP contribution in [0.1, 0.15) is 42.5 Å². The van der Waals surface area contributed by atoms with Crippen molar-refractivity contribution in [2.24, 2.45) is 0 Å². The lowest BCUT2D eigenvalue weighted by molar-refractivity contribution is -0.125. The molecule has 0 atom stereocenters. The van der Waals surface area contributed by atoms with Crippen LogP contribution in [0.3, 0.4) is 0 Å². The summed E-state index contributed by atoms with van der Waals surface area (Å²) in [4.78, 5) is 39.2. The Balaban J connectivity index is 1.44. The summed E-state index contributed by atoms with van der Waals surface area (Å²) in [6.45, 7) is -0.418. The second kappa shape index (κ2) is 10.0. The van der Waals surface area contributed by atoms with E-state index >= 15 is 0 Å². The summed E-state index contributed by atoms with van der Waals surface area (Å²) in [6.07, 6.45) is 5.33. The van der Waals surface area contributed by atoms with Crippen LogP contribution < -0.4 is 19.7 Å². The molecule has 0 unspecified atom stereocenters. The Morgan fingerprint density at radius 3 is 2.59 bits per heavy atom. The van der Waals surface area contributed by atoms with Crippen molar-refractivity contribution in [2.45, 2.75) is 38.1 Å².